The average molecular weight is 231 g/mol. The molecule has 1 heterocycles. The molecule has 0 aromatic carbocycles. The SMILES string of the molecule is C[C@@H](NC(=O)CC1CCSCC1)C(=O)O. The van der Waals surface area contributed by atoms with Crippen LogP contribution >= 0.6 is 11.8 Å². The maximum atomic E-state index is 11.4. The van der Waals surface area contributed by atoms with Crippen molar-refractivity contribution in [3.63, 3.8) is 0 Å². The van der Waals surface area contributed by atoms with E-state index in [2.05, 4.69) is 5.32 Å². The average Bonchev–Trinajstić information content (AvgIpc) is 2.18. The van der Waals surface area contributed by atoms with Crippen LogP contribution in [0.15, 0.2) is 0 Å². The zero-order valence-electron chi connectivity index (χ0n) is 8.86. The number of thioether (sulfide) groups is 1. The molecule has 0 unspecified atom stereocenters. The highest BCUT2D eigenvalue weighted by Crippen LogP contribution is 2.24. The summed E-state index contributed by atoms with van der Waals surface area (Å²) in [5.41, 5.74) is 0. The predicted octanol–water partition coefficient (Wildman–Crippen LogP) is 1.11. The van der Waals surface area contributed by atoms with Gasteiger partial charge in [0.2, 0.25) is 5.91 Å². The van der Waals surface area contributed by atoms with Crippen LogP contribution in [0.2, 0.25) is 0 Å². The van der Waals surface area contributed by atoms with Crippen molar-refractivity contribution in [1.82, 2.24) is 5.32 Å². The van der Waals surface area contributed by atoms with Crippen molar-refractivity contribution in [2.45, 2.75) is 32.2 Å². The van der Waals surface area contributed by atoms with Crippen molar-refractivity contribution >= 4 is 23.6 Å². The van der Waals surface area contributed by atoms with Gasteiger partial charge in [0.05, 0.1) is 0 Å². The van der Waals surface area contributed by atoms with Gasteiger partial charge in [-0.15, -0.1) is 0 Å². The van der Waals surface area contributed by atoms with Gasteiger partial charge in [0.1, 0.15) is 6.04 Å². The molecule has 1 rings (SSSR count). The second kappa shape index (κ2) is 6.00. The molecule has 1 amide bonds. The molecule has 1 saturated heterocycles. The van der Waals surface area contributed by atoms with Crippen molar-refractivity contribution in [2.24, 2.45) is 5.92 Å². The molecule has 1 aliphatic heterocycles. The number of rotatable bonds is 4. The van der Waals surface area contributed by atoms with E-state index < -0.39 is 12.0 Å². The monoisotopic (exact) mass is 231 g/mol. The topological polar surface area (TPSA) is 66.4 Å². The molecule has 1 fully saturated rings. The normalized spacial score (nSPS) is 19.5. The molecule has 0 saturated carbocycles. The highest BCUT2D eigenvalue weighted by Gasteiger charge is 2.19. The van der Waals surface area contributed by atoms with Crippen LogP contribution in [-0.2, 0) is 9.59 Å². The maximum Gasteiger partial charge on any atom is 0.325 e. The molecule has 0 bridgehead atoms. The lowest BCUT2D eigenvalue weighted by atomic mass is 9.98. The van der Waals surface area contributed by atoms with Gasteiger partial charge >= 0.3 is 5.97 Å². The minimum absolute atomic E-state index is 0.137. The standard InChI is InChI=1S/C10H17NO3S/c1-7(10(13)14)11-9(12)6-8-2-4-15-5-3-8/h7-8H,2-6H2,1H3,(H,11,12)(H,13,14)/t7-/m1/s1. The molecule has 86 valence electrons. The molecule has 0 spiro atoms. The van der Waals surface area contributed by atoms with Gasteiger partial charge in [0.15, 0.2) is 0 Å². The van der Waals surface area contributed by atoms with Gasteiger partial charge in [-0.1, -0.05) is 0 Å². The van der Waals surface area contributed by atoms with Crippen LogP contribution in [-0.4, -0.2) is 34.5 Å². The first-order chi connectivity index (χ1) is 7.09. The Morgan fingerprint density at radius 1 is 1.47 bits per heavy atom. The van der Waals surface area contributed by atoms with Crippen LogP contribution in [0.25, 0.3) is 0 Å². The predicted molar refractivity (Wildman–Crippen MR) is 59.9 cm³/mol. The van der Waals surface area contributed by atoms with Crippen LogP contribution in [0, 0.1) is 5.92 Å². The number of carboxylic acids is 1. The zero-order chi connectivity index (χ0) is 11.3. The second-order valence-corrected chi connectivity index (χ2v) is 5.11. The fourth-order valence-electron chi connectivity index (χ4n) is 1.57. The fraction of sp³-hybridized carbons (Fsp3) is 0.800. The van der Waals surface area contributed by atoms with Crippen LogP contribution in [0.1, 0.15) is 26.2 Å². The van der Waals surface area contributed by atoms with E-state index in [1.807, 2.05) is 11.8 Å². The van der Waals surface area contributed by atoms with Gasteiger partial charge in [-0.3, -0.25) is 9.59 Å². The first kappa shape index (κ1) is 12.4. The Bertz CT molecular complexity index is 239. The Hall–Kier alpha value is -0.710. The molecule has 0 radical (unpaired) electrons. The minimum atomic E-state index is -0.984. The molecular weight excluding hydrogens is 214 g/mol. The van der Waals surface area contributed by atoms with E-state index in [9.17, 15) is 9.59 Å². The van der Waals surface area contributed by atoms with E-state index in [-0.39, 0.29) is 5.91 Å². The Morgan fingerprint density at radius 2 is 2.07 bits per heavy atom. The van der Waals surface area contributed by atoms with Crippen molar-refractivity contribution in [2.75, 3.05) is 11.5 Å². The van der Waals surface area contributed by atoms with Gasteiger partial charge in [-0.05, 0) is 37.2 Å². The van der Waals surface area contributed by atoms with Crippen molar-refractivity contribution in [3.8, 4) is 0 Å². The van der Waals surface area contributed by atoms with Crippen LogP contribution in [0.4, 0.5) is 0 Å². The zero-order valence-corrected chi connectivity index (χ0v) is 9.68. The highest BCUT2D eigenvalue weighted by atomic mass is 32.2. The fourth-order valence-corrected chi connectivity index (χ4v) is 2.78. The molecule has 2 N–H and O–H groups in total. The largest absolute Gasteiger partial charge is 0.480 e. The minimum Gasteiger partial charge on any atom is -0.480 e. The van der Waals surface area contributed by atoms with Crippen LogP contribution in [0.3, 0.4) is 0 Å². The van der Waals surface area contributed by atoms with Gasteiger partial charge < -0.3 is 10.4 Å². The Labute approximate surface area is 93.8 Å². The number of carbonyl (C=O) groups is 2. The van der Waals surface area contributed by atoms with Gasteiger partial charge in [-0.25, -0.2) is 0 Å². The number of hydrogen-bond donors (Lipinski definition) is 2. The summed E-state index contributed by atoms with van der Waals surface area (Å²) in [7, 11) is 0. The summed E-state index contributed by atoms with van der Waals surface area (Å²) in [6.45, 7) is 1.48. The molecule has 5 heteroatoms. The number of nitrogens with one attached hydrogen (secondary N) is 1. The highest BCUT2D eigenvalue weighted by molar-refractivity contribution is 7.99. The van der Waals surface area contributed by atoms with E-state index >= 15 is 0 Å². The van der Waals surface area contributed by atoms with Gasteiger partial charge in [-0.2, -0.15) is 11.8 Å². The van der Waals surface area contributed by atoms with E-state index in [0.717, 1.165) is 24.3 Å². The summed E-state index contributed by atoms with van der Waals surface area (Å²) >= 11 is 1.92. The lowest BCUT2D eigenvalue weighted by Gasteiger charge is -2.21. The van der Waals surface area contributed by atoms with Gasteiger partial charge in [0.25, 0.3) is 0 Å². The summed E-state index contributed by atoms with van der Waals surface area (Å²) in [4.78, 5) is 22.0. The van der Waals surface area contributed by atoms with Crippen molar-refractivity contribution < 1.29 is 14.7 Å². The third-order valence-electron chi connectivity index (χ3n) is 2.56. The van der Waals surface area contributed by atoms with Gasteiger partial charge in [0, 0.05) is 6.42 Å². The second-order valence-electron chi connectivity index (χ2n) is 3.89. The molecule has 1 aliphatic rings. The first-order valence-corrected chi connectivity index (χ1v) is 6.35. The smallest absolute Gasteiger partial charge is 0.325 e. The van der Waals surface area contributed by atoms with Crippen molar-refractivity contribution in [3.05, 3.63) is 0 Å². The lowest BCUT2D eigenvalue weighted by molar-refractivity contribution is -0.141. The number of aliphatic carboxylic acids is 1. The van der Waals surface area contributed by atoms with E-state index in [1.165, 1.54) is 6.92 Å². The van der Waals surface area contributed by atoms with E-state index in [0.29, 0.717) is 12.3 Å². The first-order valence-electron chi connectivity index (χ1n) is 5.19. The lowest BCUT2D eigenvalue weighted by Crippen LogP contribution is -2.39. The van der Waals surface area contributed by atoms with Crippen molar-refractivity contribution in [1.29, 1.82) is 0 Å². The summed E-state index contributed by atoms with van der Waals surface area (Å²) in [6, 6.07) is -0.782. The Kier molecular flexibility index (Phi) is 4.94. The number of amides is 1. The van der Waals surface area contributed by atoms with Crippen LogP contribution in [0.5, 0.6) is 0 Å². The molecule has 0 aromatic heterocycles. The van der Waals surface area contributed by atoms with E-state index in [1.54, 1.807) is 0 Å². The number of carbonyl (C=O) groups excluding carboxylic acids is 1. The molecule has 1 atom stereocenters. The molecule has 0 aliphatic carbocycles. The van der Waals surface area contributed by atoms with E-state index in [4.69, 9.17) is 5.11 Å². The third-order valence-corrected chi connectivity index (χ3v) is 3.61. The quantitative estimate of drug-likeness (QED) is 0.760. The third kappa shape index (κ3) is 4.55. The molecule has 4 nitrogen and oxygen atoms in total. The molecular formula is C10H17NO3S. The number of carboxylic acid groups (broad SMARTS) is 1. The molecule has 0 aromatic rings. The summed E-state index contributed by atoms with van der Waals surface area (Å²) in [5.74, 6) is 1.55. The Morgan fingerprint density at radius 3 is 2.60 bits per heavy atom. The summed E-state index contributed by atoms with van der Waals surface area (Å²) in [5, 5.41) is 11.1. The summed E-state index contributed by atoms with van der Waals surface area (Å²) in [6.07, 6.45) is 2.61. The maximum absolute atomic E-state index is 11.4. The molecule has 15 heavy (non-hydrogen) atoms. The summed E-state index contributed by atoms with van der Waals surface area (Å²) < 4.78 is 0. The van der Waals surface area contributed by atoms with Crippen LogP contribution < -0.4 is 5.32 Å². The Balaban J connectivity index is 2.25. The number of hydrogen-bond acceptors (Lipinski definition) is 3.